The van der Waals surface area contributed by atoms with Crippen LogP contribution >= 0.6 is 11.6 Å². The minimum Gasteiger partial charge on any atom is -0.497 e. The number of halogens is 1. The number of rotatable bonds is 7. The molecule has 1 aromatic heterocycles. The van der Waals surface area contributed by atoms with Crippen molar-refractivity contribution in [1.29, 1.82) is 0 Å². The average Bonchev–Trinajstić information content (AvgIpc) is 3.13. The van der Waals surface area contributed by atoms with Gasteiger partial charge in [0, 0.05) is 16.1 Å². The van der Waals surface area contributed by atoms with E-state index in [4.69, 9.17) is 16.3 Å². The summed E-state index contributed by atoms with van der Waals surface area (Å²) in [6.07, 6.45) is 0. The Balaban J connectivity index is 1.85. The van der Waals surface area contributed by atoms with E-state index in [0.717, 1.165) is 35.2 Å². The fourth-order valence-corrected chi connectivity index (χ4v) is 3.39. The van der Waals surface area contributed by atoms with E-state index >= 15 is 0 Å². The molecule has 2 aromatic carbocycles. The third kappa shape index (κ3) is 5.09. The van der Waals surface area contributed by atoms with Gasteiger partial charge >= 0.3 is 0 Å². The molecule has 0 aliphatic rings. The first-order valence-corrected chi connectivity index (χ1v) is 9.72. The number of ether oxygens (including phenoxy) is 1. The molecule has 0 saturated carbocycles. The van der Waals surface area contributed by atoms with Crippen LogP contribution in [0.5, 0.6) is 5.75 Å². The Morgan fingerprint density at radius 1 is 1.00 bits per heavy atom. The predicted octanol–water partition coefficient (Wildman–Crippen LogP) is 2.88. The SMILES string of the molecule is COc1ccc(C[NH+](Cc2ccccc2Cl)Cc2nnnn2C(C)(C)C)cc1. The van der Waals surface area contributed by atoms with Gasteiger partial charge in [0.1, 0.15) is 25.4 Å². The molecule has 28 heavy (non-hydrogen) atoms. The molecule has 0 fully saturated rings. The second-order valence-corrected chi connectivity index (χ2v) is 8.30. The van der Waals surface area contributed by atoms with Gasteiger partial charge in [0.2, 0.25) is 5.82 Å². The Labute approximate surface area is 171 Å². The molecule has 3 aromatic rings. The zero-order valence-electron chi connectivity index (χ0n) is 16.8. The largest absolute Gasteiger partial charge is 0.497 e. The normalized spacial score (nSPS) is 12.8. The minimum atomic E-state index is -0.172. The van der Waals surface area contributed by atoms with Gasteiger partial charge in [0.25, 0.3) is 0 Å². The third-order valence-corrected chi connectivity index (χ3v) is 4.96. The molecule has 7 heteroatoms. The monoisotopic (exact) mass is 400 g/mol. The summed E-state index contributed by atoms with van der Waals surface area (Å²) in [7, 11) is 1.68. The maximum Gasteiger partial charge on any atom is 0.206 e. The molecule has 1 N–H and O–H groups in total. The van der Waals surface area contributed by atoms with Crippen LogP contribution in [0.1, 0.15) is 37.7 Å². The lowest BCUT2D eigenvalue weighted by molar-refractivity contribution is -0.941. The minimum absolute atomic E-state index is 0.172. The predicted molar refractivity (Wildman–Crippen MR) is 109 cm³/mol. The summed E-state index contributed by atoms with van der Waals surface area (Å²) in [5.74, 6) is 1.72. The van der Waals surface area contributed by atoms with E-state index < -0.39 is 0 Å². The Hall–Kier alpha value is -2.44. The van der Waals surface area contributed by atoms with Crippen LogP contribution in [0.2, 0.25) is 5.02 Å². The van der Waals surface area contributed by atoms with Crippen molar-refractivity contribution in [3.8, 4) is 5.75 Å². The maximum atomic E-state index is 6.42. The Morgan fingerprint density at radius 3 is 2.36 bits per heavy atom. The summed E-state index contributed by atoms with van der Waals surface area (Å²) in [6, 6.07) is 16.1. The highest BCUT2D eigenvalue weighted by Crippen LogP contribution is 2.16. The van der Waals surface area contributed by atoms with Crippen molar-refractivity contribution >= 4 is 11.6 Å². The van der Waals surface area contributed by atoms with Crippen LogP contribution in [0, 0.1) is 0 Å². The summed E-state index contributed by atoms with van der Waals surface area (Å²) in [5, 5.41) is 13.2. The number of nitrogens with one attached hydrogen (secondary N) is 1. The van der Waals surface area contributed by atoms with Gasteiger partial charge < -0.3 is 9.64 Å². The van der Waals surface area contributed by atoms with Crippen LogP contribution in [-0.2, 0) is 25.2 Å². The number of benzene rings is 2. The van der Waals surface area contributed by atoms with Crippen LogP contribution in [0.4, 0.5) is 0 Å². The van der Waals surface area contributed by atoms with E-state index in [0.29, 0.717) is 6.54 Å². The second kappa shape index (κ2) is 8.71. The van der Waals surface area contributed by atoms with Crippen LogP contribution in [0.25, 0.3) is 0 Å². The van der Waals surface area contributed by atoms with Crippen molar-refractivity contribution in [3.63, 3.8) is 0 Å². The lowest BCUT2D eigenvalue weighted by Gasteiger charge is -2.23. The van der Waals surface area contributed by atoms with Gasteiger partial charge in [0.15, 0.2) is 0 Å². The fraction of sp³-hybridized carbons (Fsp3) is 0.381. The number of quaternary nitrogens is 1. The van der Waals surface area contributed by atoms with Crippen molar-refractivity contribution in [2.24, 2.45) is 0 Å². The molecular formula is C21H27ClN5O+. The number of hydrogen-bond acceptors (Lipinski definition) is 4. The van der Waals surface area contributed by atoms with Crippen LogP contribution in [0.15, 0.2) is 48.5 Å². The molecule has 0 amide bonds. The third-order valence-electron chi connectivity index (χ3n) is 4.59. The zero-order chi connectivity index (χ0) is 20.1. The molecule has 1 atom stereocenters. The summed E-state index contributed by atoms with van der Waals surface area (Å²) < 4.78 is 7.17. The number of methoxy groups -OCH3 is 1. The number of hydrogen-bond donors (Lipinski definition) is 1. The topological polar surface area (TPSA) is 57.3 Å². The van der Waals surface area contributed by atoms with Crippen molar-refractivity contribution in [1.82, 2.24) is 20.2 Å². The van der Waals surface area contributed by atoms with Crippen molar-refractivity contribution in [2.75, 3.05) is 7.11 Å². The highest BCUT2D eigenvalue weighted by atomic mass is 35.5. The molecular weight excluding hydrogens is 374 g/mol. The molecule has 6 nitrogen and oxygen atoms in total. The fourth-order valence-electron chi connectivity index (χ4n) is 3.19. The molecule has 0 bridgehead atoms. The van der Waals surface area contributed by atoms with Crippen molar-refractivity contribution in [2.45, 2.75) is 45.9 Å². The molecule has 0 saturated heterocycles. The van der Waals surface area contributed by atoms with Crippen LogP contribution < -0.4 is 9.64 Å². The lowest BCUT2D eigenvalue weighted by Crippen LogP contribution is -3.08. The molecule has 0 radical (unpaired) electrons. The van der Waals surface area contributed by atoms with Gasteiger partial charge in [-0.05, 0) is 61.5 Å². The summed E-state index contributed by atoms with van der Waals surface area (Å²) in [5.41, 5.74) is 2.16. The lowest BCUT2D eigenvalue weighted by atomic mass is 10.1. The van der Waals surface area contributed by atoms with Gasteiger partial charge in [0.05, 0.1) is 12.6 Å². The molecule has 0 spiro atoms. The Bertz CT molecular complexity index is 902. The molecule has 148 valence electrons. The highest BCUT2D eigenvalue weighted by Gasteiger charge is 2.24. The highest BCUT2D eigenvalue weighted by molar-refractivity contribution is 6.31. The number of nitrogens with zero attached hydrogens (tertiary/aromatic N) is 4. The summed E-state index contributed by atoms with van der Waals surface area (Å²) in [6.45, 7) is 8.61. The molecule has 1 heterocycles. The van der Waals surface area contributed by atoms with E-state index in [-0.39, 0.29) is 5.54 Å². The van der Waals surface area contributed by atoms with Gasteiger partial charge in [-0.15, -0.1) is 5.10 Å². The maximum absolute atomic E-state index is 6.42. The summed E-state index contributed by atoms with van der Waals surface area (Å²) >= 11 is 6.42. The van der Waals surface area contributed by atoms with Crippen molar-refractivity contribution in [3.05, 3.63) is 70.5 Å². The first-order chi connectivity index (χ1) is 13.4. The Kier molecular flexibility index (Phi) is 6.31. The summed E-state index contributed by atoms with van der Waals surface area (Å²) in [4.78, 5) is 1.30. The second-order valence-electron chi connectivity index (χ2n) is 7.90. The van der Waals surface area contributed by atoms with Crippen molar-refractivity contribution < 1.29 is 9.64 Å². The molecule has 1 unspecified atom stereocenters. The van der Waals surface area contributed by atoms with E-state index in [9.17, 15) is 0 Å². The first kappa shape index (κ1) is 20.3. The van der Waals surface area contributed by atoms with Crippen LogP contribution in [-0.4, -0.2) is 27.3 Å². The molecule has 0 aliphatic heterocycles. The van der Waals surface area contributed by atoms with Gasteiger partial charge in [-0.2, -0.15) is 0 Å². The van der Waals surface area contributed by atoms with Gasteiger partial charge in [-0.1, -0.05) is 29.8 Å². The van der Waals surface area contributed by atoms with Gasteiger partial charge in [-0.3, -0.25) is 0 Å². The van der Waals surface area contributed by atoms with E-state index in [1.165, 1.54) is 10.5 Å². The smallest absolute Gasteiger partial charge is 0.206 e. The van der Waals surface area contributed by atoms with E-state index in [1.54, 1.807) is 7.11 Å². The zero-order valence-corrected chi connectivity index (χ0v) is 17.6. The van der Waals surface area contributed by atoms with Gasteiger partial charge in [-0.25, -0.2) is 4.68 Å². The molecule has 0 aliphatic carbocycles. The molecule has 3 rings (SSSR count). The van der Waals surface area contributed by atoms with E-state index in [1.807, 2.05) is 35.0 Å². The first-order valence-electron chi connectivity index (χ1n) is 9.34. The number of aromatic nitrogens is 4. The van der Waals surface area contributed by atoms with E-state index in [2.05, 4.69) is 54.5 Å². The Morgan fingerprint density at radius 2 is 1.71 bits per heavy atom. The quantitative estimate of drug-likeness (QED) is 0.662. The average molecular weight is 401 g/mol. The standard InChI is InChI=1S/C21H26ClN5O/c1-21(2,3)27-20(23-24-25-27)15-26(14-17-7-5-6-8-19(17)22)13-16-9-11-18(28-4)12-10-16/h5-12H,13-15H2,1-4H3/p+1. The number of tetrazole rings is 1. The van der Waals surface area contributed by atoms with Crippen LogP contribution in [0.3, 0.4) is 0 Å².